The van der Waals surface area contributed by atoms with Gasteiger partial charge in [0, 0.05) is 38.7 Å². The van der Waals surface area contributed by atoms with Crippen LogP contribution in [0.25, 0.3) is 11.0 Å². The average Bonchev–Trinajstić information content (AvgIpc) is 3.42. The molecule has 0 spiro atoms. The van der Waals surface area contributed by atoms with E-state index >= 15 is 0 Å². The number of aromatic nitrogens is 2. The maximum Gasteiger partial charge on any atom is 0.118 e. The first-order valence-electron chi connectivity index (χ1n) is 13.3. The van der Waals surface area contributed by atoms with E-state index in [9.17, 15) is 0 Å². The van der Waals surface area contributed by atoms with Gasteiger partial charge in [-0.15, -0.1) is 0 Å². The molecule has 192 valence electrons. The summed E-state index contributed by atoms with van der Waals surface area (Å²) in [5.74, 6) is 2.91. The maximum atomic E-state index is 5.75. The Balaban J connectivity index is 0.000000840. The Morgan fingerprint density at radius 3 is 2.53 bits per heavy atom. The van der Waals surface area contributed by atoms with E-state index in [4.69, 9.17) is 9.72 Å². The molecule has 1 fully saturated rings. The van der Waals surface area contributed by atoms with Gasteiger partial charge in [0.05, 0.1) is 17.6 Å². The molecular formula is C32H43N3O. The van der Waals surface area contributed by atoms with Crippen LogP contribution in [-0.2, 0) is 24.2 Å². The van der Waals surface area contributed by atoms with Crippen LogP contribution in [0, 0.1) is 5.92 Å². The van der Waals surface area contributed by atoms with E-state index in [0.717, 1.165) is 67.6 Å². The van der Waals surface area contributed by atoms with Crippen molar-refractivity contribution < 1.29 is 4.74 Å². The molecule has 1 aromatic heterocycles. The Bertz CT molecular complexity index is 1200. The molecule has 4 rings (SSSR count). The number of hydrogen-bond acceptors (Lipinski definition) is 3. The number of anilines is 1. The molecule has 1 aliphatic heterocycles. The van der Waals surface area contributed by atoms with E-state index in [1.165, 1.54) is 22.3 Å². The van der Waals surface area contributed by atoms with E-state index in [1.807, 2.05) is 0 Å². The number of aryl methyl sites for hydroxylation is 1. The number of benzene rings is 2. The lowest BCUT2D eigenvalue weighted by Crippen LogP contribution is -2.16. The summed E-state index contributed by atoms with van der Waals surface area (Å²) in [5, 5.41) is 0. The highest BCUT2D eigenvalue weighted by molar-refractivity contribution is 5.80. The SMILES string of the molecule is C=C(/C=C1/CCO/C1=C/CC)Cc1nc2cc(N(C)Cc3ccccc3)ccc2n1CC.CC(C)C. The van der Waals surface area contributed by atoms with Crippen LogP contribution < -0.4 is 4.90 Å². The number of ether oxygens (including phenoxy) is 1. The summed E-state index contributed by atoms with van der Waals surface area (Å²) in [6, 6.07) is 17.1. The average molecular weight is 486 g/mol. The molecule has 1 saturated heterocycles. The highest BCUT2D eigenvalue weighted by atomic mass is 16.5. The summed E-state index contributed by atoms with van der Waals surface area (Å²) < 4.78 is 8.05. The molecule has 0 bridgehead atoms. The number of allylic oxidation sites excluding steroid dienone is 4. The molecule has 0 N–H and O–H groups in total. The zero-order valence-electron chi connectivity index (χ0n) is 23.1. The highest BCUT2D eigenvalue weighted by Crippen LogP contribution is 2.28. The summed E-state index contributed by atoms with van der Waals surface area (Å²) >= 11 is 0. The number of hydrogen-bond donors (Lipinski definition) is 0. The summed E-state index contributed by atoms with van der Waals surface area (Å²) in [6.45, 7) is 17.7. The van der Waals surface area contributed by atoms with Gasteiger partial charge in [-0.3, -0.25) is 0 Å². The van der Waals surface area contributed by atoms with Gasteiger partial charge in [0.25, 0.3) is 0 Å². The minimum absolute atomic E-state index is 0.737. The van der Waals surface area contributed by atoms with Gasteiger partial charge in [0.15, 0.2) is 0 Å². The van der Waals surface area contributed by atoms with Crippen LogP contribution in [0.1, 0.15) is 58.8 Å². The standard InChI is InChI=1S/C28H33N3O.C4H10/c1-5-10-27-23(15-16-32-27)17-21(3)18-28-29-25-19-24(13-14-26(25)31(28)6-2)30(4)20-22-11-8-7-9-12-22;1-4(2)3/h7-14,17,19H,3,5-6,15-16,18,20H2,1-2,4H3;4H,1-3H3/b23-17-,27-10+;. The van der Waals surface area contributed by atoms with Crippen molar-refractivity contribution in [3.63, 3.8) is 0 Å². The molecule has 2 heterocycles. The predicted molar refractivity (Wildman–Crippen MR) is 154 cm³/mol. The third kappa shape index (κ3) is 7.36. The lowest BCUT2D eigenvalue weighted by atomic mass is 10.1. The summed E-state index contributed by atoms with van der Waals surface area (Å²) in [7, 11) is 2.13. The quantitative estimate of drug-likeness (QED) is 0.323. The minimum atomic E-state index is 0.737. The Hall–Kier alpha value is -3.27. The van der Waals surface area contributed by atoms with Crippen molar-refractivity contribution in [1.82, 2.24) is 9.55 Å². The van der Waals surface area contributed by atoms with Crippen LogP contribution in [0.2, 0.25) is 0 Å². The van der Waals surface area contributed by atoms with Gasteiger partial charge < -0.3 is 14.2 Å². The van der Waals surface area contributed by atoms with Crippen molar-refractivity contribution in [3.05, 3.63) is 95.6 Å². The first-order valence-corrected chi connectivity index (χ1v) is 13.3. The second kappa shape index (κ2) is 13.2. The second-order valence-corrected chi connectivity index (χ2v) is 10.1. The molecule has 3 aromatic rings. The molecule has 0 amide bonds. The molecule has 0 radical (unpaired) electrons. The van der Waals surface area contributed by atoms with Gasteiger partial charge in [0.1, 0.15) is 11.6 Å². The van der Waals surface area contributed by atoms with Gasteiger partial charge in [-0.1, -0.05) is 70.7 Å². The Morgan fingerprint density at radius 2 is 1.86 bits per heavy atom. The van der Waals surface area contributed by atoms with Crippen LogP contribution in [0.5, 0.6) is 0 Å². The summed E-state index contributed by atoms with van der Waals surface area (Å²) in [5.41, 5.74) is 7.00. The summed E-state index contributed by atoms with van der Waals surface area (Å²) in [6.07, 6.45) is 7.01. The first kappa shape index (κ1) is 27.3. The number of fused-ring (bicyclic) bond motifs is 1. The van der Waals surface area contributed by atoms with E-state index in [-0.39, 0.29) is 0 Å². The van der Waals surface area contributed by atoms with Crippen LogP contribution >= 0.6 is 0 Å². The fourth-order valence-corrected chi connectivity index (χ4v) is 4.35. The molecule has 0 atom stereocenters. The van der Waals surface area contributed by atoms with E-state index in [1.54, 1.807) is 0 Å². The molecule has 2 aromatic carbocycles. The van der Waals surface area contributed by atoms with Crippen LogP contribution in [0.15, 0.2) is 84.2 Å². The molecule has 0 aliphatic carbocycles. The summed E-state index contributed by atoms with van der Waals surface area (Å²) in [4.78, 5) is 7.27. The van der Waals surface area contributed by atoms with Crippen molar-refractivity contribution in [3.8, 4) is 0 Å². The predicted octanol–water partition coefficient (Wildman–Crippen LogP) is 8.09. The largest absolute Gasteiger partial charge is 0.493 e. The third-order valence-electron chi connectivity index (χ3n) is 5.93. The zero-order valence-corrected chi connectivity index (χ0v) is 23.1. The van der Waals surface area contributed by atoms with Gasteiger partial charge in [-0.25, -0.2) is 4.98 Å². The Labute approximate surface area is 218 Å². The Morgan fingerprint density at radius 1 is 1.14 bits per heavy atom. The fourth-order valence-electron chi connectivity index (χ4n) is 4.35. The lowest BCUT2D eigenvalue weighted by Gasteiger charge is -2.19. The fraction of sp³-hybridized carbons (Fsp3) is 0.406. The third-order valence-corrected chi connectivity index (χ3v) is 5.93. The van der Waals surface area contributed by atoms with Gasteiger partial charge in [-0.2, -0.15) is 0 Å². The maximum absolute atomic E-state index is 5.75. The van der Waals surface area contributed by atoms with Crippen molar-refractivity contribution in [2.45, 2.75) is 67.0 Å². The van der Waals surface area contributed by atoms with Gasteiger partial charge in [0.2, 0.25) is 0 Å². The van der Waals surface area contributed by atoms with Crippen LogP contribution in [0.4, 0.5) is 5.69 Å². The van der Waals surface area contributed by atoms with E-state index in [0.29, 0.717) is 0 Å². The smallest absolute Gasteiger partial charge is 0.118 e. The van der Waals surface area contributed by atoms with Crippen molar-refractivity contribution >= 4 is 16.7 Å². The molecule has 1 aliphatic rings. The molecule has 4 nitrogen and oxygen atoms in total. The van der Waals surface area contributed by atoms with Crippen molar-refractivity contribution in [2.24, 2.45) is 5.92 Å². The molecule has 4 heteroatoms. The second-order valence-electron chi connectivity index (χ2n) is 10.1. The zero-order chi connectivity index (χ0) is 26.1. The van der Waals surface area contributed by atoms with Gasteiger partial charge >= 0.3 is 0 Å². The van der Waals surface area contributed by atoms with E-state index in [2.05, 4.69) is 118 Å². The van der Waals surface area contributed by atoms with Gasteiger partial charge in [-0.05, 0) is 60.2 Å². The topological polar surface area (TPSA) is 30.3 Å². The normalized spacial score (nSPS) is 15.3. The van der Waals surface area contributed by atoms with Crippen LogP contribution in [0.3, 0.4) is 0 Å². The molecule has 36 heavy (non-hydrogen) atoms. The monoisotopic (exact) mass is 485 g/mol. The van der Waals surface area contributed by atoms with Crippen molar-refractivity contribution in [1.29, 1.82) is 0 Å². The molecule has 0 unspecified atom stereocenters. The molecule has 0 saturated carbocycles. The number of nitrogens with zero attached hydrogens (tertiary/aromatic N) is 3. The number of imidazole rings is 1. The van der Waals surface area contributed by atoms with E-state index < -0.39 is 0 Å². The first-order chi connectivity index (χ1) is 17.3. The van der Waals surface area contributed by atoms with Crippen LogP contribution in [-0.4, -0.2) is 23.2 Å². The number of rotatable bonds is 8. The lowest BCUT2D eigenvalue weighted by molar-refractivity contribution is 0.264. The Kier molecular flexibility index (Phi) is 9.98. The molecular weight excluding hydrogens is 442 g/mol. The van der Waals surface area contributed by atoms with Crippen molar-refractivity contribution in [2.75, 3.05) is 18.6 Å². The highest BCUT2D eigenvalue weighted by Gasteiger charge is 2.16. The minimum Gasteiger partial charge on any atom is -0.493 e.